The molecule has 0 aliphatic rings. The third-order valence-electron chi connectivity index (χ3n) is 2.30. The number of thiazole rings is 1. The van der Waals surface area contributed by atoms with Gasteiger partial charge in [0.2, 0.25) is 0 Å². The molecule has 0 aliphatic heterocycles. The van der Waals surface area contributed by atoms with Gasteiger partial charge in [-0.1, -0.05) is 13.8 Å². The molecule has 3 nitrogen and oxygen atoms in total. The van der Waals surface area contributed by atoms with Crippen molar-refractivity contribution in [3.05, 3.63) is 16.1 Å². The first-order chi connectivity index (χ1) is 7.39. The van der Waals surface area contributed by atoms with Crippen LogP contribution in [0.25, 0.3) is 0 Å². The van der Waals surface area contributed by atoms with Crippen molar-refractivity contribution in [2.24, 2.45) is 5.92 Å². The molecule has 0 fully saturated rings. The molecule has 1 aromatic rings. The summed E-state index contributed by atoms with van der Waals surface area (Å²) in [5.41, 5.74) is 0.441. The van der Waals surface area contributed by atoms with Crippen molar-refractivity contribution in [2.45, 2.75) is 46.3 Å². The van der Waals surface area contributed by atoms with E-state index in [1.165, 1.54) is 0 Å². The zero-order chi connectivity index (χ0) is 12.2. The smallest absolute Gasteiger partial charge is 0.107 e. The number of nitrogens with one attached hydrogen (secondary N) is 1. The van der Waals surface area contributed by atoms with E-state index in [1.54, 1.807) is 11.3 Å². The molecule has 1 heterocycles. The van der Waals surface area contributed by atoms with E-state index in [2.05, 4.69) is 24.1 Å². The van der Waals surface area contributed by atoms with Crippen molar-refractivity contribution >= 4 is 11.3 Å². The Bertz CT molecular complexity index is 321. The highest BCUT2D eigenvalue weighted by Gasteiger charge is 2.21. The maximum absolute atomic E-state index is 10.1. The fourth-order valence-electron chi connectivity index (χ4n) is 1.87. The Morgan fingerprint density at radius 3 is 2.75 bits per heavy atom. The van der Waals surface area contributed by atoms with Crippen molar-refractivity contribution in [2.75, 3.05) is 6.54 Å². The summed E-state index contributed by atoms with van der Waals surface area (Å²) >= 11 is 1.66. The zero-order valence-electron chi connectivity index (χ0n) is 10.6. The number of rotatable bonds is 6. The van der Waals surface area contributed by atoms with E-state index < -0.39 is 5.60 Å². The molecule has 0 bridgehead atoms. The van der Waals surface area contributed by atoms with E-state index in [4.69, 9.17) is 0 Å². The van der Waals surface area contributed by atoms with Crippen LogP contribution >= 0.6 is 11.3 Å². The van der Waals surface area contributed by atoms with Gasteiger partial charge in [-0.2, -0.15) is 0 Å². The van der Waals surface area contributed by atoms with Crippen LogP contribution in [0.1, 0.15) is 37.9 Å². The highest BCUT2D eigenvalue weighted by atomic mass is 32.1. The molecular formula is C12H22N2OS. The quantitative estimate of drug-likeness (QED) is 0.805. The molecule has 1 unspecified atom stereocenters. The molecule has 2 N–H and O–H groups in total. The Morgan fingerprint density at radius 2 is 2.25 bits per heavy atom. The number of nitrogens with zero attached hydrogens (tertiary/aromatic N) is 1. The Labute approximate surface area is 102 Å². The van der Waals surface area contributed by atoms with Crippen molar-refractivity contribution < 1.29 is 5.11 Å². The third kappa shape index (κ3) is 5.05. The maximum Gasteiger partial charge on any atom is 0.107 e. The van der Waals surface area contributed by atoms with Crippen LogP contribution in [0.3, 0.4) is 0 Å². The van der Waals surface area contributed by atoms with E-state index in [0.29, 0.717) is 12.5 Å². The van der Waals surface area contributed by atoms with Gasteiger partial charge in [0.15, 0.2) is 0 Å². The summed E-state index contributed by atoms with van der Waals surface area (Å²) in [5.74, 6) is 0.513. The number of hydrogen-bond donors (Lipinski definition) is 2. The van der Waals surface area contributed by atoms with E-state index >= 15 is 0 Å². The second-order valence-corrected chi connectivity index (χ2v) is 6.02. The van der Waals surface area contributed by atoms with Gasteiger partial charge < -0.3 is 10.4 Å². The summed E-state index contributed by atoms with van der Waals surface area (Å²) in [7, 11) is 0. The van der Waals surface area contributed by atoms with Gasteiger partial charge in [-0.25, -0.2) is 4.98 Å². The first-order valence-corrected chi connectivity index (χ1v) is 6.61. The summed E-state index contributed by atoms with van der Waals surface area (Å²) in [6.07, 6.45) is 0.816. The fraction of sp³-hybridized carbons (Fsp3) is 0.750. The molecule has 0 spiro atoms. The van der Waals surface area contributed by atoms with Crippen LogP contribution in [-0.2, 0) is 6.54 Å². The summed E-state index contributed by atoms with van der Waals surface area (Å²) in [6, 6.07) is 0. The van der Waals surface area contributed by atoms with Crippen LogP contribution in [0.2, 0.25) is 0 Å². The molecule has 4 heteroatoms. The van der Waals surface area contributed by atoms with Gasteiger partial charge in [-0.3, -0.25) is 0 Å². The van der Waals surface area contributed by atoms with Crippen molar-refractivity contribution in [3.8, 4) is 0 Å². The molecule has 16 heavy (non-hydrogen) atoms. The van der Waals surface area contributed by atoms with Gasteiger partial charge in [0, 0.05) is 24.2 Å². The molecule has 0 aliphatic carbocycles. The first-order valence-electron chi connectivity index (χ1n) is 5.73. The number of aliphatic hydroxyl groups is 1. The molecule has 0 amide bonds. The van der Waals surface area contributed by atoms with E-state index in [0.717, 1.165) is 23.7 Å². The first kappa shape index (κ1) is 13.6. The average Bonchev–Trinajstić information content (AvgIpc) is 2.48. The molecular weight excluding hydrogens is 220 g/mol. The topological polar surface area (TPSA) is 45.1 Å². The van der Waals surface area contributed by atoms with Crippen molar-refractivity contribution in [1.29, 1.82) is 0 Å². The van der Waals surface area contributed by atoms with Crippen LogP contribution in [0.5, 0.6) is 0 Å². The molecule has 0 radical (unpaired) electrons. The molecule has 0 saturated heterocycles. The van der Waals surface area contributed by atoms with E-state index in [1.807, 2.05) is 19.2 Å². The second kappa shape index (κ2) is 5.75. The van der Waals surface area contributed by atoms with Crippen LogP contribution in [0.4, 0.5) is 0 Å². The average molecular weight is 242 g/mol. The molecule has 1 aromatic heterocycles. The monoisotopic (exact) mass is 242 g/mol. The van der Waals surface area contributed by atoms with Crippen molar-refractivity contribution in [1.82, 2.24) is 10.3 Å². The summed E-state index contributed by atoms with van der Waals surface area (Å²) in [4.78, 5) is 4.37. The van der Waals surface area contributed by atoms with Gasteiger partial charge >= 0.3 is 0 Å². The minimum atomic E-state index is -0.625. The SMILES string of the molecule is Cc1csc(CNCC(C)(O)CC(C)C)n1. The molecule has 0 aromatic carbocycles. The number of aromatic nitrogens is 1. The minimum Gasteiger partial charge on any atom is -0.389 e. The minimum absolute atomic E-state index is 0.513. The summed E-state index contributed by atoms with van der Waals surface area (Å²) in [5, 5.41) is 16.5. The van der Waals surface area contributed by atoms with Gasteiger partial charge in [0.05, 0.1) is 5.60 Å². The Balaban J connectivity index is 2.29. The van der Waals surface area contributed by atoms with Crippen LogP contribution in [0.15, 0.2) is 5.38 Å². The third-order valence-corrected chi connectivity index (χ3v) is 3.26. The molecule has 1 rings (SSSR count). The highest BCUT2D eigenvalue weighted by Crippen LogP contribution is 2.15. The van der Waals surface area contributed by atoms with Gasteiger partial charge in [-0.15, -0.1) is 11.3 Å². The highest BCUT2D eigenvalue weighted by molar-refractivity contribution is 7.09. The predicted molar refractivity (Wildman–Crippen MR) is 68.6 cm³/mol. The largest absolute Gasteiger partial charge is 0.389 e. The lowest BCUT2D eigenvalue weighted by Crippen LogP contribution is -2.38. The summed E-state index contributed by atoms with van der Waals surface area (Å²) in [6.45, 7) is 9.48. The number of hydrogen-bond acceptors (Lipinski definition) is 4. The Morgan fingerprint density at radius 1 is 1.56 bits per heavy atom. The van der Waals surface area contributed by atoms with Crippen LogP contribution in [-0.4, -0.2) is 22.2 Å². The Hall–Kier alpha value is -0.450. The molecule has 1 atom stereocenters. The van der Waals surface area contributed by atoms with Gasteiger partial charge in [0.1, 0.15) is 5.01 Å². The lowest BCUT2D eigenvalue weighted by Gasteiger charge is -2.25. The van der Waals surface area contributed by atoms with Crippen molar-refractivity contribution in [3.63, 3.8) is 0 Å². The maximum atomic E-state index is 10.1. The van der Waals surface area contributed by atoms with Crippen LogP contribution in [0, 0.1) is 12.8 Å². The second-order valence-electron chi connectivity index (χ2n) is 5.08. The Kier molecular flexibility index (Phi) is 4.89. The fourth-order valence-corrected chi connectivity index (χ4v) is 2.62. The molecule has 0 saturated carbocycles. The zero-order valence-corrected chi connectivity index (χ0v) is 11.4. The molecule has 92 valence electrons. The predicted octanol–water partition coefficient (Wildman–Crippen LogP) is 2.34. The lowest BCUT2D eigenvalue weighted by atomic mass is 9.94. The van der Waals surface area contributed by atoms with Crippen LogP contribution < -0.4 is 5.32 Å². The van der Waals surface area contributed by atoms with E-state index in [-0.39, 0.29) is 0 Å². The lowest BCUT2D eigenvalue weighted by molar-refractivity contribution is 0.0383. The standard InChI is InChI=1S/C12H22N2OS/c1-9(2)5-12(4,15)8-13-6-11-14-10(3)7-16-11/h7,9,13,15H,5-6,8H2,1-4H3. The normalized spacial score (nSPS) is 15.4. The van der Waals surface area contributed by atoms with Gasteiger partial charge in [-0.05, 0) is 26.2 Å². The number of aryl methyl sites for hydroxylation is 1. The van der Waals surface area contributed by atoms with Gasteiger partial charge in [0.25, 0.3) is 0 Å². The summed E-state index contributed by atoms with van der Waals surface area (Å²) < 4.78 is 0. The van der Waals surface area contributed by atoms with E-state index in [9.17, 15) is 5.11 Å².